The van der Waals surface area contributed by atoms with Gasteiger partial charge in [-0.15, -0.1) is 0 Å². The fourth-order valence-corrected chi connectivity index (χ4v) is 6.33. The summed E-state index contributed by atoms with van der Waals surface area (Å²) in [4.78, 5) is 13.0. The van der Waals surface area contributed by atoms with E-state index in [1.54, 1.807) is 67.9 Å². The minimum Gasteiger partial charge on any atom is -0.461 e. The van der Waals surface area contributed by atoms with E-state index >= 15 is 0 Å². The number of alkyl halides is 1. The first-order valence-electron chi connectivity index (χ1n) is 11.0. The molecule has 3 aromatic rings. The average Bonchev–Trinajstić information content (AvgIpc) is 3.23. The molecule has 1 amide bonds. The van der Waals surface area contributed by atoms with Gasteiger partial charge in [0.15, 0.2) is 9.84 Å². The number of sulfone groups is 1. The molecule has 0 saturated carbocycles. The SMILES string of the molecule is CC(F)Oc1cccc(-n2nc(C(C)(C)O)c3cc(C(=O)NC4(C)CCS(=O)(=O)C4)ccc32)c1. The summed E-state index contributed by atoms with van der Waals surface area (Å²) in [5.74, 6) is -0.126. The molecule has 2 atom stereocenters. The zero-order valence-electron chi connectivity index (χ0n) is 19.5. The molecule has 0 radical (unpaired) electrons. The van der Waals surface area contributed by atoms with Gasteiger partial charge in [-0.3, -0.25) is 4.79 Å². The first-order valence-corrected chi connectivity index (χ1v) is 12.8. The van der Waals surface area contributed by atoms with Crippen LogP contribution in [-0.2, 0) is 15.4 Å². The minimum atomic E-state index is -3.18. The molecule has 182 valence electrons. The van der Waals surface area contributed by atoms with Crippen LogP contribution in [-0.4, -0.2) is 52.6 Å². The van der Waals surface area contributed by atoms with Crippen LogP contribution in [0.4, 0.5) is 4.39 Å². The van der Waals surface area contributed by atoms with Gasteiger partial charge in [-0.2, -0.15) is 5.10 Å². The van der Waals surface area contributed by atoms with Crippen LogP contribution in [0.1, 0.15) is 50.2 Å². The van der Waals surface area contributed by atoms with Crippen molar-refractivity contribution >= 4 is 26.6 Å². The molecule has 34 heavy (non-hydrogen) atoms. The Morgan fingerprint density at radius 2 is 2.03 bits per heavy atom. The highest BCUT2D eigenvalue weighted by Crippen LogP contribution is 2.32. The number of ether oxygens (including phenoxy) is 1. The van der Waals surface area contributed by atoms with Crippen molar-refractivity contribution in [3.63, 3.8) is 0 Å². The van der Waals surface area contributed by atoms with Crippen molar-refractivity contribution in [2.45, 2.75) is 51.6 Å². The number of rotatable bonds is 6. The summed E-state index contributed by atoms with van der Waals surface area (Å²) in [6, 6.07) is 11.7. The smallest absolute Gasteiger partial charge is 0.251 e. The molecular formula is C24H28FN3O5S. The van der Waals surface area contributed by atoms with Crippen LogP contribution < -0.4 is 10.1 Å². The number of aliphatic hydroxyl groups is 1. The maximum absolute atomic E-state index is 13.3. The summed E-state index contributed by atoms with van der Waals surface area (Å²) >= 11 is 0. The highest BCUT2D eigenvalue weighted by atomic mass is 32.2. The van der Waals surface area contributed by atoms with Gasteiger partial charge in [-0.05, 0) is 57.5 Å². The van der Waals surface area contributed by atoms with Crippen LogP contribution in [0.2, 0.25) is 0 Å². The van der Waals surface area contributed by atoms with E-state index in [9.17, 15) is 22.7 Å². The van der Waals surface area contributed by atoms with Gasteiger partial charge in [-0.25, -0.2) is 17.5 Å². The van der Waals surface area contributed by atoms with E-state index in [1.165, 1.54) is 6.92 Å². The molecule has 1 fully saturated rings. The van der Waals surface area contributed by atoms with Crippen molar-refractivity contribution in [2.24, 2.45) is 0 Å². The molecule has 1 aliphatic rings. The lowest BCUT2D eigenvalue weighted by molar-refractivity contribution is 0.0748. The van der Waals surface area contributed by atoms with E-state index in [1.807, 2.05) is 0 Å². The van der Waals surface area contributed by atoms with E-state index in [0.29, 0.717) is 40.0 Å². The van der Waals surface area contributed by atoms with Gasteiger partial charge >= 0.3 is 0 Å². The third-order valence-corrected chi connectivity index (χ3v) is 7.70. The lowest BCUT2D eigenvalue weighted by atomic mass is 9.98. The number of carbonyl (C=O) groups excluding carboxylic acids is 1. The molecular weight excluding hydrogens is 461 g/mol. The number of hydrogen-bond donors (Lipinski definition) is 2. The van der Waals surface area contributed by atoms with Gasteiger partial charge in [0, 0.05) is 23.9 Å². The van der Waals surface area contributed by atoms with Crippen LogP contribution in [0.3, 0.4) is 0 Å². The number of aromatic nitrogens is 2. The van der Waals surface area contributed by atoms with Crippen LogP contribution in [0, 0.1) is 0 Å². The number of carbonyl (C=O) groups is 1. The second-order valence-corrected chi connectivity index (χ2v) is 11.8. The van der Waals surface area contributed by atoms with E-state index in [-0.39, 0.29) is 11.5 Å². The van der Waals surface area contributed by atoms with E-state index in [2.05, 4.69) is 10.4 Å². The number of amides is 1. The molecule has 8 nitrogen and oxygen atoms in total. The predicted octanol–water partition coefficient (Wildman–Crippen LogP) is 3.25. The summed E-state index contributed by atoms with van der Waals surface area (Å²) in [5, 5.41) is 18.8. The Kier molecular flexibility index (Phi) is 5.93. The Morgan fingerprint density at radius 1 is 1.29 bits per heavy atom. The minimum absolute atomic E-state index is 0.0440. The van der Waals surface area contributed by atoms with Gasteiger partial charge in [0.05, 0.1) is 28.2 Å². The molecule has 4 rings (SSSR count). The first kappa shape index (κ1) is 24.2. The second kappa shape index (κ2) is 8.35. The summed E-state index contributed by atoms with van der Waals surface area (Å²) in [6.07, 6.45) is -1.12. The predicted molar refractivity (Wildman–Crippen MR) is 127 cm³/mol. The van der Waals surface area contributed by atoms with Crippen molar-refractivity contribution in [3.05, 3.63) is 53.7 Å². The standard InChI is InChI=1S/C24H28FN3O5S/c1-15(25)33-18-7-5-6-17(13-18)28-20-9-8-16(12-19(20)21(27-28)23(2,3)30)22(29)26-24(4)10-11-34(31,32)14-24/h5-9,12-13,15,30H,10-11,14H2,1-4H3,(H,26,29). The number of fused-ring (bicyclic) bond motifs is 1. The van der Waals surface area contributed by atoms with Gasteiger partial charge in [0.1, 0.15) is 17.0 Å². The van der Waals surface area contributed by atoms with E-state index < -0.39 is 33.2 Å². The molecule has 0 aliphatic carbocycles. The van der Waals surface area contributed by atoms with Crippen molar-refractivity contribution in [2.75, 3.05) is 11.5 Å². The molecule has 2 N–H and O–H groups in total. The Hall–Kier alpha value is -2.98. The number of benzene rings is 2. The lowest BCUT2D eigenvalue weighted by Crippen LogP contribution is -2.46. The molecule has 2 aromatic carbocycles. The topological polar surface area (TPSA) is 111 Å². The molecule has 0 bridgehead atoms. The maximum Gasteiger partial charge on any atom is 0.251 e. The molecule has 1 aliphatic heterocycles. The highest BCUT2D eigenvalue weighted by Gasteiger charge is 2.39. The van der Waals surface area contributed by atoms with Crippen LogP contribution in [0.5, 0.6) is 5.75 Å². The fraction of sp³-hybridized carbons (Fsp3) is 0.417. The summed E-state index contributed by atoms with van der Waals surface area (Å²) < 4.78 is 43.9. The average molecular weight is 490 g/mol. The summed E-state index contributed by atoms with van der Waals surface area (Å²) in [5.41, 5.74) is -0.231. The molecule has 10 heteroatoms. The lowest BCUT2D eigenvalue weighted by Gasteiger charge is -2.24. The van der Waals surface area contributed by atoms with Gasteiger partial charge in [0.25, 0.3) is 5.91 Å². The van der Waals surface area contributed by atoms with Crippen molar-refractivity contribution in [1.82, 2.24) is 15.1 Å². The van der Waals surface area contributed by atoms with Gasteiger partial charge < -0.3 is 15.2 Å². The Balaban J connectivity index is 1.75. The van der Waals surface area contributed by atoms with Crippen LogP contribution in [0.25, 0.3) is 16.6 Å². The largest absolute Gasteiger partial charge is 0.461 e. The van der Waals surface area contributed by atoms with Crippen molar-refractivity contribution < 1.29 is 27.4 Å². The van der Waals surface area contributed by atoms with Gasteiger partial charge in [0.2, 0.25) is 6.36 Å². The molecule has 1 saturated heterocycles. The second-order valence-electron chi connectivity index (χ2n) is 9.57. The zero-order valence-corrected chi connectivity index (χ0v) is 20.3. The van der Waals surface area contributed by atoms with E-state index in [4.69, 9.17) is 4.74 Å². The Labute approximate surface area is 197 Å². The summed E-state index contributed by atoms with van der Waals surface area (Å²) in [6.45, 7) is 6.21. The maximum atomic E-state index is 13.3. The first-order chi connectivity index (χ1) is 15.8. The monoisotopic (exact) mass is 489 g/mol. The van der Waals surface area contributed by atoms with Crippen LogP contribution >= 0.6 is 0 Å². The van der Waals surface area contributed by atoms with E-state index in [0.717, 1.165) is 0 Å². The molecule has 1 aromatic heterocycles. The quantitative estimate of drug-likeness (QED) is 0.550. The highest BCUT2D eigenvalue weighted by molar-refractivity contribution is 7.91. The third-order valence-electron chi connectivity index (χ3n) is 5.80. The normalized spacial score (nSPS) is 20.9. The third kappa shape index (κ3) is 4.92. The molecule has 2 heterocycles. The number of nitrogens with zero attached hydrogens (tertiary/aromatic N) is 2. The fourth-order valence-electron chi connectivity index (χ4n) is 4.24. The molecule has 2 unspecified atom stereocenters. The van der Waals surface area contributed by atoms with Crippen molar-refractivity contribution in [1.29, 1.82) is 0 Å². The molecule has 0 spiro atoms. The number of hydrogen-bond acceptors (Lipinski definition) is 6. The van der Waals surface area contributed by atoms with Crippen molar-refractivity contribution in [3.8, 4) is 11.4 Å². The Morgan fingerprint density at radius 3 is 2.65 bits per heavy atom. The Bertz CT molecular complexity index is 1360. The summed E-state index contributed by atoms with van der Waals surface area (Å²) in [7, 11) is -3.18. The number of nitrogens with one attached hydrogen (secondary N) is 1. The van der Waals surface area contributed by atoms with Gasteiger partial charge in [-0.1, -0.05) is 6.07 Å². The number of halogens is 1. The van der Waals surface area contributed by atoms with Crippen LogP contribution in [0.15, 0.2) is 42.5 Å². The zero-order chi connectivity index (χ0) is 24.9.